The van der Waals surface area contributed by atoms with Crippen LogP contribution < -0.4 is 11.1 Å². The smallest absolute Gasteiger partial charge is 0.151 e. The molecule has 0 aliphatic rings. The standard InChI is InChI=1S/C11H8Cl2IN3/c12-8-5-9(13)11(17-10(8)15)16-7-3-1-6(14)2-4-7/h1-5H,(H3,15,16,17). The van der Waals surface area contributed by atoms with Crippen molar-refractivity contribution in [3.63, 3.8) is 0 Å². The van der Waals surface area contributed by atoms with Crippen LogP contribution in [0.25, 0.3) is 0 Å². The average molecular weight is 380 g/mol. The lowest BCUT2D eigenvalue weighted by atomic mass is 10.3. The lowest BCUT2D eigenvalue weighted by molar-refractivity contribution is 1.31. The Bertz CT molecular complexity index is 543. The molecule has 2 aromatic rings. The van der Waals surface area contributed by atoms with Crippen molar-refractivity contribution in [2.24, 2.45) is 0 Å². The minimum atomic E-state index is 0.254. The third kappa shape index (κ3) is 3.14. The second kappa shape index (κ2) is 5.29. The monoisotopic (exact) mass is 379 g/mol. The fourth-order valence-corrected chi connectivity index (χ4v) is 2.00. The summed E-state index contributed by atoms with van der Waals surface area (Å²) in [6.07, 6.45) is 0. The van der Waals surface area contributed by atoms with Gasteiger partial charge in [-0.2, -0.15) is 0 Å². The molecule has 0 saturated heterocycles. The van der Waals surface area contributed by atoms with Gasteiger partial charge < -0.3 is 11.1 Å². The summed E-state index contributed by atoms with van der Waals surface area (Å²) in [6.45, 7) is 0. The number of halogens is 3. The Morgan fingerprint density at radius 2 is 1.76 bits per heavy atom. The van der Waals surface area contributed by atoms with Crippen LogP contribution in [0.2, 0.25) is 10.0 Å². The molecule has 88 valence electrons. The first kappa shape index (κ1) is 12.7. The maximum Gasteiger partial charge on any atom is 0.151 e. The van der Waals surface area contributed by atoms with E-state index in [1.165, 1.54) is 0 Å². The molecule has 17 heavy (non-hydrogen) atoms. The minimum absolute atomic E-state index is 0.254. The number of nitrogens with zero attached hydrogens (tertiary/aromatic N) is 1. The summed E-state index contributed by atoms with van der Waals surface area (Å²) in [6, 6.07) is 9.40. The summed E-state index contributed by atoms with van der Waals surface area (Å²) in [4.78, 5) is 4.09. The maximum absolute atomic E-state index is 6.02. The first-order valence-corrected chi connectivity index (χ1v) is 6.54. The Morgan fingerprint density at radius 3 is 2.41 bits per heavy atom. The van der Waals surface area contributed by atoms with Crippen LogP contribution in [0.4, 0.5) is 17.3 Å². The van der Waals surface area contributed by atoms with Crippen LogP contribution in [0.15, 0.2) is 30.3 Å². The second-order valence-corrected chi connectivity index (χ2v) is 5.38. The van der Waals surface area contributed by atoms with Crippen molar-refractivity contribution in [2.45, 2.75) is 0 Å². The molecule has 0 spiro atoms. The number of rotatable bonds is 2. The number of nitrogens with one attached hydrogen (secondary N) is 1. The van der Waals surface area contributed by atoms with E-state index in [2.05, 4.69) is 32.9 Å². The summed E-state index contributed by atoms with van der Waals surface area (Å²) in [5.74, 6) is 0.749. The van der Waals surface area contributed by atoms with Crippen LogP contribution in [0.5, 0.6) is 0 Å². The van der Waals surface area contributed by atoms with E-state index in [0.29, 0.717) is 15.9 Å². The molecule has 0 unspecified atom stereocenters. The summed E-state index contributed by atoms with van der Waals surface area (Å²) < 4.78 is 1.16. The van der Waals surface area contributed by atoms with Gasteiger partial charge in [0.15, 0.2) is 5.82 Å². The number of anilines is 3. The van der Waals surface area contributed by atoms with E-state index < -0.39 is 0 Å². The van der Waals surface area contributed by atoms with E-state index in [9.17, 15) is 0 Å². The molecule has 0 saturated carbocycles. The van der Waals surface area contributed by atoms with E-state index in [1.54, 1.807) is 6.07 Å². The van der Waals surface area contributed by atoms with Gasteiger partial charge in [0.25, 0.3) is 0 Å². The van der Waals surface area contributed by atoms with E-state index in [4.69, 9.17) is 28.9 Å². The third-order valence-corrected chi connectivity index (χ3v) is 3.37. The molecule has 0 radical (unpaired) electrons. The Hall–Kier alpha value is -0.720. The predicted octanol–water partition coefficient (Wildman–Crippen LogP) is 4.32. The quantitative estimate of drug-likeness (QED) is 0.764. The zero-order valence-corrected chi connectivity index (χ0v) is 12.2. The third-order valence-electron chi connectivity index (χ3n) is 2.06. The second-order valence-electron chi connectivity index (χ2n) is 3.32. The lowest BCUT2D eigenvalue weighted by Gasteiger charge is -2.09. The van der Waals surface area contributed by atoms with Crippen LogP contribution in [-0.4, -0.2) is 4.98 Å². The number of pyridine rings is 1. The van der Waals surface area contributed by atoms with Crippen LogP contribution in [0.1, 0.15) is 0 Å². The first-order chi connectivity index (χ1) is 8.06. The zero-order valence-electron chi connectivity index (χ0n) is 8.55. The predicted molar refractivity (Wildman–Crippen MR) is 81.1 cm³/mol. The van der Waals surface area contributed by atoms with Gasteiger partial charge in [-0.3, -0.25) is 0 Å². The van der Waals surface area contributed by atoms with Crippen molar-refractivity contribution in [3.8, 4) is 0 Å². The van der Waals surface area contributed by atoms with Gasteiger partial charge in [-0.1, -0.05) is 23.2 Å². The lowest BCUT2D eigenvalue weighted by Crippen LogP contribution is -1.99. The molecule has 0 aliphatic heterocycles. The first-order valence-electron chi connectivity index (χ1n) is 4.70. The topological polar surface area (TPSA) is 50.9 Å². The van der Waals surface area contributed by atoms with Crippen molar-refractivity contribution in [1.29, 1.82) is 0 Å². The van der Waals surface area contributed by atoms with Crippen LogP contribution in [-0.2, 0) is 0 Å². The van der Waals surface area contributed by atoms with Gasteiger partial charge >= 0.3 is 0 Å². The minimum Gasteiger partial charge on any atom is -0.382 e. The molecular weight excluding hydrogens is 372 g/mol. The average Bonchev–Trinajstić information content (AvgIpc) is 2.29. The van der Waals surface area contributed by atoms with Gasteiger partial charge in [-0.25, -0.2) is 4.98 Å². The summed E-state index contributed by atoms with van der Waals surface area (Å²) in [5, 5.41) is 3.87. The van der Waals surface area contributed by atoms with E-state index in [1.807, 2.05) is 24.3 Å². The molecule has 3 nitrogen and oxygen atoms in total. The van der Waals surface area contributed by atoms with Gasteiger partial charge in [0, 0.05) is 9.26 Å². The molecule has 1 aromatic heterocycles. The van der Waals surface area contributed by atoms with Crippen LogP contribution >= 0.6 is 45.8 Å². The van der Waals surface area contributed by atoms with Crippen molar-refractivity contribution < 1.29 is 0 Å². The number of hydrogen-bond acceptors (Lipinski definition) is 3. The van der Waals surface area contributed by atoms with Crippen molar-refractivity contribution in [3.05, 3.63) is 43.9 Å². The normalized spacial score (nSPS) is 10.3. The highest BCUT2D eigenvalue weighted by Gasteiger charge is 2.07. The van der Waals surface area contributed by atoms with Gasteiger partial charge in [0.05, 0.1) is 10.0 Å². The molecule has 0 fully saturated rings. The highest BCUT2D eigenvalue weighted by atomic mass is 127. The summed E-state index contributed by atoms with van der Waals surface area (Å²) in [5.41, 5.74) is 6.51. The molecule has 0 atom stereocenters. The highest BCUT2D eigenvalue weighted by molar-refractivity contribution is 14.1. The fraction of sp³-hybridized carbons (Fsp3) is 0. The fourth-order valence-electron chi connectivity index (χ4n) is 1.24. The molecular formula is C11H8Cl2IN3. The number of nitrogen functional groups attached to an aromatic ring is 1. The molecule has 1 heterocycles. The van der Waals surface area contributed by atoms with E-state index in [0.717, 1.165) is 9.26 Å². The maximum atomic E-state index is 6.02. The molecule has 0 amide bonds. The van der Waals surface area contributed by atoms with Gasteiger partial charge in [0.2, 0.25) is 0 Å². The van der Waals surface area contributed by atoms with Crippen molar-refractivity contribution in [2.75, 3.05) is 11.1 Å². The molecule has 0 bridgehead atoms. The SMILES string of the molecule is Nc1nc(Nc2ccc(I)cc2)c(Cl)cc1Cl. The van der Waals surface area contributed by atoms with Crippen molar-refractivity contribution in [1.82, 2.24) is 4.98 Å². The molecule has 3 N–H and O–H groups in total. The molecule has 0 aliphatic carbocycles. The van der Waals surface area contributed by atoms with E-state index in [-0.39, 0.29) is 5.82 Å². The number of benzene rings is 1. The number of aromatic nitrogens is 1. The Morgan fingerprint density at radius 1 is 1.12 bits per heavy atom. The number of hydrogen-bond donors (Lipinski definition) is 2. The van der Waals surface area contributed by atoms with Gasteiger partial charge in [-0.15, -0.1) is 0 Å². The Balaban J connectivity index is 2.30. The molecule has 6 heteroatoms. The van der Waals surface area contributed by atoms with Crippen LogP contribution in [0, 0.1) is 3.57 Å². The van der Waals surface area contributed by atoms with Gasteiger partial charge in [-0.05, 0) is 52.9 Å². The summed E-state index contributed by atoms with van der Waals surface area (Å²) in [7, 11) is 0. The zero-order chi connectivity index (χ0) is 12.4. The molecule has 1 aromatic carbocycles. The Labute approximate surface area is 122 Å². The van der Waals surface area contributed by atoms with Crippen molar-refractivity contribution >= 4 is 63.1 Å². The van der Waals surface area contributed by atoms with Crippen LogP contribution in [0.3, 0.4) is 0 Å². The Kier molecular flexibility index (Phi) is 3.96. The van der Waals surface area contributed by atoms with Gasteiger partial charge in [0.1, 0.15) is 5.82 Å². The van der Waals surface area contributed by atoms with E-state index >= 15 is 0 Å². The summed E-state index contributed by atoms with van der Waals surface area (Å²) >= 11 is 14.1. The molecule has 2 rings (SSSR count). The highest BCUT2D eigenvalue weighted by Crippen LogP contribution is 2.29. The largest absolute Gasteiger partial charge is 0.382 e. The number of nitrogens with two attached hydrogens (primary N) is 1.